The van der Waals surface area contributed by atoms with Crippen LogP contribution in [-0.4, -0.2) is 0 Å². The minimum Gasteiger partial charge on any atom is -0.198 e. The summed E-state index contributed by atoms with van der Waals surface area (Å²) >= 11 is 0. The summed E-state index contributed by atoms with van der Waals surface area (Å²) in [6.45, 7) is 5.76. The fourth-order valence-corrected chi connectivity index (χ4v) is 1.48. The van der Waals surface area contributed by atoms with Gasteiger partial charge in [-0.25, -0.2) is 0 Å². The first-order valence-electron chi connectivity index (χ1n) is 4.89. The van der Waals surface area contributed by atoms with Crippen molar-refractivity contribution in [3.05, 3.63) is 34.9 Å². The van der Waals surface area contributed by atoms with Crippen LogP contribution < -0.4 is 0 Å². The summed E-state index contributed by atoms with van der Waals surface area (Å²) in [5, 5.41) is 17.7. The number of aryl methyl sites for hydroxylation is 1. The van der Waals surface area contributed by atoms with Crippen molar-refractivity contribution in [1.82, 2.24) is 0 Å². The lowest BCUT2D eigenvalue weighted by Gasteiger charge is -2.17. The smallest absolute Gasteiger partial charge is 0.0766 e. The summed E-state index contributed by atoms with van der Waals surface area (Å²) in [5.74, 6) is 0. The molecule has 0 bridgehead atoms. The molecule has 0 unspecified atom stereocenters. The summed E-state index contributed by atoms with van der Waals surface area (Å²) in [5.41, 5.74) is 2.57. The Bertz CT molecular complexity index is 445. The second-order valence-electron chi connectivity index (χ2n) is 4.28. The molecule has 0 N–H and O–H groups in total. The lowest BCUT2D eigenvalue weighted by molar-refractivity contribution is 0.685. The lowest BCUT2D eigenvalue weighted by Crippen LogP contribution is -2.14. The van der Waals surface area contributed by atoms with Gasteiger partial charge in [-0.05, 0) is 31.9 Å². The van der Waals surface area contributed by atoms with E-state index in [0.717, 1.165) is 16.7 Å². The molecule has 0 spiro atoms. The molecule has 1 aromatic rings. The van der Waals surface area contributed by atoms with Crippen LogP contribution in [0, 0.1) is 29.6 Å². The van der Waals surface area contributed by atoms with Gasteiger partial charge in [0.2, 0.25) is 0 Å². The van der Waals surface area contributed by atoms with Crippen molar-refractivity contribution < 1.29 is 0 Å². The molecule has 76 valence electrons. The first-order chi connectivity index (χ1) is 6.99. The van der Waals surface area contributed by atoms with E-state index in [1.807, 2.05) is 39.0 Å². The van der Waals surface area contributed by atoms with Crippen LogP contribution >= 0.6 is 0 Å². The van der Waals surface area contributed by atoms with Crippen molar-refractivity contribution in [2.24, 2.45) is 0 Å². The number of nitrogens with zero attached hydrogens (tertiary/aromatic N) is 2. The highest BCUT2D eigenvalue weighted by Crippen LogP contribution is 2.24. The molecular formula is C13H14N2. The van der Waals surface area contributed by atoms with Gasteiger partial charge < -0.3 is 0 Å². The normalized spacial score (nSPS) is 10.5. The highest BCUT2D eigenvalue weighted by molar-refractivity contribution is 5.38. The van der Waals surface area contributed by atoms with E-state index in [4.69, 9.17) is 10.5 Å². The van der Waals surface area contributed by atoms with Gasteiger partial charge in [0.05, 0.1) is 24.0 Å². The Morgan fingerprint density at radius 1 is 1.20 bits per heavy atom. The third kappa shape index (κ3) is 2.58. The van der Waals surface area contributed by atoms with Gasteiger partial charge in [0.1, 0.15) is 0 Å². The van der Waals surface area contributed by atoms with E-state index >= 15 is 0 Å². The molecule has 2 nitrogen and oxygen atoms in total. The van der Waals surface area contributed by atoms with Crippen LogP contribution in [0.2, 0.25) is 0 Å². The van der Waals surface area contributed by atoms with Gasteiger partial charge in [-0.2, -0.15) is 10.5 Å². The number of rotatable bonds is 2. The molecule has 0 aliphatic heterocycles. The van der Waals surface area contributed by atoms with E-state index in [0.29, 0.717) is 6.42 Å². The van der Waals surface area contributed by atoms with Crippen LogP contribution in [0.5, 0.6) is 0 Å². The maximum Gasteiger partial charge on any atom is 0.0766 e. The molecule has 0 aromatic heterocycles. The average molecular weight is 198 g/mol. The van der Waals surface area contributed by atoms with Crippen LogP contribution in [-0.2, 0) is 11.8 Å². The Labute approximate surface area is 90.8 Å². The molecule has 15 heavy (non-hydrogen) atoms. The van der Waals surface area contributed by atoms with Crippen molar-refractivity contribution in [1.29, 1.82) is 10.5 Å². The summed E-state index contributed by atoms with van der Waals surface area (Å²) in [7, 11) is 0. The monoisotopic (exact) mass is 198 g/mol. The van der Waals surface area contributed by atoms with Gasteiger partial charge in [0.15, 0.2) is 0 Å². The predicted molar refractivity (Wildman–Crippen MR) is 59.1 cm³/mol. The Hall–Kier alpha value is -1.80. The first kappa shape index (κ1) is 11.3. The Morgan fingerprint density at radius 3 is 2.40 bits per heavy atom. The fourth-order valence-electron chi connectivity index (χ4n) is 1.48. The second kappa shape index (κ2) is 4.15. The maximum atomic E-state index is 9.04. The van der Waals surface area contributed by atoms with Crippen molar-refractivity contribution in [3.8, 4) is 12.1 Å². The van der Waals surface area contributed by atoms with E-state index in [1.54, 1.807) is 0 Å². The highest BCUT2D eigenvalue weighted by Gasteiger charge is 2.20. The Morgan fingerprint density at radius 2 is 1.87 bits per heavy atom. The van der Waals surface area contributed by atoms with Crippen LogP contribution in [0.25, 0.3) is 0 Å². The molecule has 0 heterocycles. The van der Waals surface area contributed by atoms with E-state index in [-0.39, 0.29) is 0 Å². The summed E-state index contributed by atoms with van der Waals surface area (Å²) < 4.78 is 0. The van der Waals surface area contributed by atoms with Gasteiger partial charge in [0.25, 0.3) is 0 Å². The molecular weight excluding hydrogens is 184 g/mol. The van der Waals surface area contributed by atoms with Gasteiger partial charge in [-0.15, -0.1) is 0 Å². The Balaban J connectivity index is 3.23. The third-order valence-corrected chi connectivity index (χ3v) is 2.42. The molecule has 0 atom stereocenters. The standard InChI is InChI=1S/C13H14N2/c1-10-6-11(4-5-14)8-12(7-10)13(2,3)9-15/h6-8H,4H2,1-3H3. The van der Waals surface area contributed by atoms with Crippen LogP contribution in [0.1, 0.15) is 30.5 Å². The molecule has 2 heteroatoms. The number of benzene rings is 1. The van der Waals surface area contributed by atoms with Crippen molar-refractivity contribution in [2.45, 2.75) is 32.6 Å². The largest absolute Gasteiger partial charge is 0.198 e. The zero-order valence-electron chi connectivity index (χ0n) is 9.33. The molecule has 0 amide bonds. The quantitative estimate of drug-likeness (QED) is 0.733. The van der Waals surface area contributed by atoms with Crippen LogP contribution in [0.3, 0.4) is 0 Å². The number of hydrogen-bond donors (Lipinski definition) is 0. The van der Waals surface area contributed by atoms with Gasteiger partial charge in [-0.1, -0.05) is 23.8 Å². The minimum absolute atomic E-state index is 0.399. The van der Waals surface area contributed by atoms with Crippen molar-refractivity contribution in [3.63, 3.8) is 0 Å². The average Bonchev–Trinajstić information content (AvgIpc) is 2.17. The van der Waals surface area contributed by atoms with Gasteiger partial charge >= 0.3 is 0 Å². The molecule has 0 aliphatic rings. The van der Waals surface area contributed by atoms with Crippen LogP contribution in [0.15, 0.2) is 18.2 Å². The third-order valence-electron chi connectivity index (χ3n) is 2.42. The van der Waals surface area contributed by atoms with Crippen molar-refractivity contribution >= 4 is 0 Å². The highest BCUT2D eigenvalue weighted by atomic mass is 14.3. The molecule has 0 fully saturated rings. The molecule has 0 saturated heterocycles. The molecule has 0 radical (unpaired) electrons. The maximum absolute atomic E-state index is 9.04. The molecule has 0 saturated carbocycles. The van der Waals surface area contributed by atoms with E-state index in [1.165, 1.54) is 0 Å². The van der Waals surface area contributed by atoms with Gasteiger partial charge in [-0.3, -0.25) is 0 Å². The number of hydrogen-bond acceptors (Lipinski definition) is 2. The molecule has 1 rings (SSSR count). The molecule has 1 aromatic carbocycles. The zero-order valence-corrected chi connectivity index (χ0v) is 9.33. The topological polar surface area (TPSA) is 47.6 Å². The van der Waals surface area contributed by atoms with E-state index < -0.39 is 5.41 Å². The summed E-state index contributed by atoms with van der Waals surface area (Å²) in [6, 6.07) is 10.3. The van der Waals surface area contributed by atoms with E-state index in [2.05, 4.69) is 12.1 Å². The van der Waals surface area contributed by atoms with Crippen molar-refractivity contribution in [2.75, 3.05) is 0 Å². The predicted octanol–water partition coefficient (Wildman–Crippen LogP) is 2.86. The van der Waals surface area contributed by atoms with Crippen LogP contribution in [0.4, 0.5) is 0 Å². The Kier molecular flexibility index (Phi) is 3.12. The fraction of sp³-hybridized carbons (Fsp3) is 0.385. The number of nitriles is 2. The molecule has 0 aliphatic carbocycles. The SMILES string of the molecule is Cc1cc(CC#N)cc(C(C)(C)C#N)c1. The van der Waals surface area contributed by atoms with Gasteiger partial charge in [0, 0.05) is 0 Å². The first-order valence-corrected chi connectivity index (χ1v) is 4.89. The lowest BCUT2D eigenvalue weighted by atomic mass is 9.84. The zero-order chi connectivity index (χ0) is 11.5. The van der Waals surface area contributed by atoms with E-state index in [9.17, 15) is 0 Å². The summed E-state index contributed by atoms with van der Waals surface area (Å²) in [6.07, 6.45) is 0.399. The minimum atomic E-state index is -0.490. The second-order valence-corrected chi connectivity index (χ2v) is 4.28. The summed E-state index contributed by atoms with van der Waals surface area (Å²) in [4.78, 5) is 0.